The number of carbonyl (C=O) groups is 1. The van der Waals surface area contributed by atoms with Crippen LogP contribution in [0.25, 0.3) is 0 Å². The molecule has 1 amide bonds. The quantitative estimate of drug-likeness (QED) is 0.649. The Kier molecular flexibility index (Phi) is 6.11. The number of pyridine rings is 1. The highest BCUT2D eigenvalue weighted by Crippen LogP contribution is 2.30. The number of nitrogens with one attached hydrogen (secondary N) is 2. The SMILES string of the molecule is COc1ccc(Nc2ccc(C(=O)NCc3ccc(C)cc3)cn2)c(OC)c1. The third-order valence-corrected chi connectivity index (χ3v) is 4.27. The van der Waals surface area contributed by atoms with Crippen molar-refractivity contribution < 1.29 is 14.3 Å². The molecule has 0 atom stereocenters. The van der Waals surface area contributed by atoms with Gasteiger partial charge in [0.25, 0.3) is 5.91 Å². The number of amides is 1. The van der Waals surface area contributed by atoms with Crippen molar-refractivity contribution in [1.29, 1.82) is 0 Å². The zero-order valence-electron chi connectivity index (χ0n) is 16.2. The van der Waals surface area contributed by atoms with E-state index in [2.05, 4.69) is 15.6 Å². The lowest BCUT2D eigenvalue weighted by Crippen LogP contribution is -2.22. The molecule has 1 aromatic heterocycles. The van der Waals surface area contributed by atoms with Gasteiger partial charge in [0.1, 0.15) is 17.3 Å². The molecule has 0 saturated heterocycles. The highest BCUT2D eigenvalue weighted by molar-refractivity contribution is 5.94. The number of benzene rings is 2. The number of hydrogen-bond donors (Lipinski definition) is 2. The van der Waals surface area contributed by atoms with Crippen LogP contribution in [0.15, 0.2) is 60.8 Å². The second kappa shape index (κ2) is 8.90. The normalized spacial score (nSPS) is 10.2. The van der Waals surface area contributed by atoms with Crippen molar-refractivity contribution in [3.05, 3.63) is 77.5 Å². The summed E-state index contributed by atoms with van der Waals surface area (Å²) in [6.07, 6.45) is 1.54. The van der Waals surface area contributed by atoms with Crippen LogP contribution in [-0.2, 0) is 6.54 Å². The lowest BCUT2D eigenvalue weighted by molar-refractivity contribution is 0.0950. The van der Waals surface area contributed by atoms with E-state index in [0.29, 0.717) is 29.4 Å². The molecule has 28 heavy (non-hydrogen) atoms. The predicted molar refractivity (Wildman–Crippen MR) is 109 cm³/mol. The fourth-order valence-corrected chi connectivity index (χ4v) is 2.63. The fraction of sp³-hybridized carbons (Fsp3) is 0.182. The third-order valence-electron chi connectivity index (χ3n) is 4.27. The van der Waals surface area contributed by atoms with Gasteiger partial charge in [0.15, 0.2) is 0 Å². The number of hydrogen-bond acceptors (Lipinski definition) is 5. The molecular formula is C22H23N3O3. The van der Waals surface area contributed by atoms with Gasteiger partial charge < -0.3 is 20.1 Å². The van der Waals surface area contributed by atoms with Gasteiger partial charge in [0.2, 0.25) is 0 Å². The van der Waals surface area contributed by atoms with E-state index in [1.165, 1.54) is 5.56 Å². The van der Waals surface area contributed by atoms with E-state index >= 15 is 0 Å². The van der Waals surface area contributed by atoms with E-state index in [4.69, 9.17) is 9.47 Å². The van der Waals surface area contributed by atoms with E-state index in [-0.39, 0.29) is 5.91 Å². The number of aromatic nitrogens is 1. The summed E-state index contributed by atoms with van der Waals surface area (Å²) in [5.41, 5.74) is 3.50. The zero-order valence-corrected chi connectivity index (χ0v) is 16.2. The van der Waals surface area contributed by atoms with Crippen LogP contribution in [0.1, 0.15) is 21.5 Å². The summed E-state index contributed by atoms with van der Waals surface area (Å²) in [4.78, 5) is 16.6. The Balaban J connectivity index is 1.63. The molecule has 0 bridgehead atoms. The molecule has 6 nitrogen and oxygen atoms in total. The fourth-order valence-electron chi connectivity index (χ4n) is 2.63. The van der Waals surface area contributed by atoms with Crippen LogP contribution in [0.2, 0.25) is 0 Å². The smallest absolute Gasteiger partial charge is 0.253 e. The number of rotatable bonds is 7. The van der Waals surface area contributed by atoms with Gasteiger partial charge in [0.05, 0.1) is 25.5 Å². The summed E-state index contributed by atoms with van der Waals surface area (Å²) >= 11 is 0. The summed E-state index contributed by atoms with van der Waals surface area (Å²) in [5, 5.41) is 6.08. The molecule has 0 aliphatic carbocycles. The maximum atomic E-state index is 12.3. The number of methoxy groups -OCH3 is 2. The van der Waals surface area contributed by atoms with Crippen molar-refractivity contribution in [1.82, 2.24) is 10.3 Å². The second-order valence-electron chi connectivity index (χ2n) is 6.29. The van der Waals surface area contributed by atoms with Gasteiger partial charge in [-0.25, -0.2) is 4.98 Å². The predicted octanol–water partition coefficient (Wildman–Crippen LogP) is 4.08. The van der Waals surface area contributed by atoms with E-state index < -0.39 is 0 Å². The lowest BCUT2D eigenvalue weighted by Gasteiger charge is -2.12. The van der Waals surface area contributed by atoms with E-state index in [1.807, 2.05) is 43.3 Å². The lowest BCUT2D eigenvalue weighted by atomic mass is 10.1. The van der Waals surface area contributed by atoms with Gasteiger partial charge in [-0.1, -0.05) is 29.8 Å². The van der Waals surface area contributed by atoms with E-state index in [1.54, 1.807) is 38.6 Å². The minimum atomic E-state index is -0.165. The van der Waals surface area contributed by atoms with Crippen LogP contribution in [-0.4, -0.2) is 25.1 Å². The summed E-state index contributed by atoms with van der Waals surface area (Å²) in [7, 11) is 3.20. The Morgan fingerprint density at radius 1 is 1.00 bits per heavy atom. The monoisotopic (exact) mass is 377 g/mol. The topological polar surface area (TPSA) is 72.5 Å². The molecule has 1 heterocycles. The standard InChI is InChI=1S/C22H23N3O3/c1-15-4-6-16(7-5-15)13-24-22(26)17-8-11-21(23-14-17)25-19-10-9-18(27-2)12-20(19)28-3/h4-12,14H,13H2,1-3H3,(H,23,25)(H,24,26). The largest absolute Gasteiger partial charge is 0.497 e. The Bertz CT molecular complexity index is 938. The molecule has 0 unspecified atom stereocenters. The molecule has 0 aliphatic heterocycles. The Morgan fingerprint density at radius 3 is 2.43 bits per heavy atom. The molecule has 0 fully saturated rings. The van der Waals surface area contributed by atoms with Crippen LogP contribution >= 0.6 is 0 Å². The van der Waals surface area contributed by atoms with Gasteiger partial charge in [-0.15, -0.1) is 0 Å². The number of nitrogens with zero attached hydrogens (tertiary/aromatic N) is 1. The summed E-state index contributed by atoms with van der Waals surface area (Å²) in [6, 6.07) is 17.0. The van der Waals surface area contributed by atoms with Crippen molar-refractivity contribution in [2.75, 3.05) is 19.5 Å². The first-order valence-electron chi connectivity index (χ1n) is 8.88. The first kappa shape index (κ1) is 19.2. The van der Waals surface area contributed by atoms with Gasteiger partial charge >= 0.3 is 0 Å². The molecule has 0 spiro atoms. The summed E-state index contributed by atoms with van der Waals surface area (Å²) < 4.78 is 10.6. The minimum Gasteiger partial charge on any atom is -0.497 e. The first-order chi connectivity index (χ1) is 13.6. The van der Waals surface area contributed by atoms with Crippen LogP contribution in [0, 0.1) is 6.92 Å². The number of anilines is 2. The van der Waals surface area contributed by atoms with Crippen LogP contribution in [0.4, 0.5) is 11.5 Å². The first-order valence-corrected chi connectivity index (χ1v) is 8.88. The average Bonchev–Trinajstić information content (AvgIpc) is 2.74. The Morgan fingerprint density at radius 2 is 1.79 bits per heavy atom. The van der Waals surface area contributed by atoms with Gasteiger partial charge in [-0.2, -0.15) is 0 Å². The van der Waals surface area contributed by atoms with Gasteiger partial charge in [0, 0.05) is 18.8 Å². The van der Waals surface area contributed by atoms with Gasteiger partial charge in [-0.3, -0.25) is 4.79 Å². The molecule has 3 rings (SSSR count). The van der Waals surface area contributed by atoms with Crippen molar-refractivity contribution >= 4 is 17.4 Å². The van der Waals surface area contributed by atoms with Crippen LogP contribution < -0.4 is 20.1 Å². The van der Waals surface area contributed by atoms with E-state index in [9.17, 15) is 4.79 Å². The number of aryl methyl sites for hydroxylation is 1. The van der Waals surface area contributed by atoms with Crippen LogP contribution in [0.3, 0.4) is 0 Å². The molecule has 0 saturated carbocycles. The van der Waals surface area contributed by atoms with Gasteiger partial charge in [-0.05, 0) is 36.8 Å². The van der Waals surface area contributed by atoms with Crippen molar-refractivity contribution in [2.45, 2.75) is 13.5 Å². The highest BCUT2D eigenvalue weighted by Gasteiger charge is 2.09. The average molecular weight is 377 g/mol. The maximum Gasteiger partial charge on any atom is 0.253 e. The summed E-state index contributed by atoms with van der Waals surface area (Å²) in [6.45, 7) is 2.51. The molecule has 0 radical (unpaired) electrons. The zero-order chi connectivity index (χ0) is 19.9. The molecule has 2 aromatic carbocycles. The molecule has 3 aromatic rings. The second-order valence-corrected chi connectivity index (χ2v) is 6.29. The summed E-state index contributed by atoms with van der Waals surface area (Å²) in [5.74, 6) is 1.79. The Hall–Kier alpha value is -3.54. The molecular weight excluding hydrogens is 354 g/mol. The van der Waals surface area contributed by atoms with Crippen molar-refractivity contribution in [3.63, 3.8) is 0 Å². The van der Waals surface area contributed by atoms with Crippen molar-refractivity contribution in [3.8, 4) is 11.5 Å². The van der Waals surface area contributed by atoms with E-state index in [0.717, 1.165) is 11.3 Å². The van der Waals surface area contributed by atoms with Crippen molar-refractivity contribution in [2.24, 2.45) is 0 Å². The molecule has 2 N–H and O–H groups in total. The Labute approximate surface area is 164 Å². The minimum absolute atomic E-state index is 0.165. The molecule has 144 valence electrons. The number of carbonyl (C=O) groups excluding carboxylic acids is 1. The number of ether oxygens (including phenoxy) is 2. The van der Waals surface area contributed by atoms with Crippen LogP contribution in [0.5, 0.6) is 11.5 Å². The maximum absolute atomic E-state index is 12.3. The molecule has 6 heteroatoms. The molecule has 0 aliphatic rings. The third kappa shape index (κ3) is 4.79. The highest BCUT2D eigenvalue weighted by atomic mass is 16.5.